The first-order valence-corrected chi connectivity index (χ1v) is 11.0. The Hall–Kier alpha value is -3.30. The van der Waals surface area contributed by atoms with Crippen molar-refractivity contribution in [3.63, 3.8) is 0 Å². The molecule has 2 aromatic carbocycles. The molecule has 1 heterocycles. The van der Waals surface area contributed by atoms with Gasteiger partial charge in [0.15, 0.2) is 0 Å². The quantitative estimate of drug-likeness (QED) is 0.502. The monoisotopic (exact) mass is 456 g/mol. The van der Waals surface area contributed by atoms with Crippen LogP contribution in [0.15, 0.2) is 42.5 Å². The van der Waals surface area contributed by atoms with Crippen molar-refractivity contribution in [1.82, 2.24) is 10.6 Å². The van der Waals surface area contributed by atoms with Gasteiger partial charge >= 0.3 is 6.03 Å². The maximum Gasteiger partial charge on any atom is 0.326 e. The molecule has 1 atom stereocenters. The van der Waals surface area contributed by atoms with Crippen LogP contribution in [0.5, 0.6) is 11.5 Å². The highest BCUT2D eigenvalue weighted by Gasteiger charge is 2.18. The SMILES string of the molecule is COc1ccc(NC(=O)N(C)c2ccc(C(=O)NCCCC3COCCN3)c(OC)c2)cc1. The maximum atomic E-state index is 12.6. The largest absolute Gasteiger partial charge is 0.497 e. The number of carbonyl (C=O) groups excluding carboxylic acids is 2. The van der Waals surface area contributed by atoms with E-state index in [0.717, 1.165) is 26.0 Å². The molecule has 0 aromatic heterocycles. The van der Waals surface area contributed by atoms with E-state index in [-0.39, 0.29) is 11.9 Å². The fraction of sp³-hybridized carbons (Fsp3) is 0.417. The first kappa shape index (κ1) is 24.3. The molecule has 2 aromatic rings. The predicted octanol–water partition coefficient (Wildman–Crippen LogP) is 2.87. The molecule has 1 fully saturated rings. The highest BCUT2D eigenvalue weighted by atomic mass is 16.5. The third-order valence-corrected chi connectivity index (χ3v) is 5.48. The average Bonchev–Trinajstić information content (AvgIpc) is 2.86. The minimum atomic E-state index is -0.320. The van der Waals surface area contributed by atoms with Gasteiger partial charge in [0.05, 0.1) is 33.0 Å². The second-order valence-corrected chi connectivity index (χ2v) is 7.73. The van der Waals surface area contributed by atoms with E-state index in [1.165, 1.54) is 12.0 Å². The van der Waals surface area contributed by atoms with E-state index in [4.69, 9.17) is 14.2 Å². The number of urea groups is 1. The van der Waals surface area contributed by atoms with Crippen LogP contribution in [-0.4, -0.2) is 65.6 Å². The van der Waals surface area contributed by atoms with Gasteiger partial charge in [-0.2, -0.15) is 0 Å². The van der Waals surface area contributed by atoms with E-state index in [1.54, 1.807) is 56.6 Å². The Balaban J connectivity index is 1.55. The van der Waals surface area contributed by atoms with Crippen LogP contribution < -0.4 is 30.3 Å². The van der Waals surface area contributed by atoms with Crippen molar-refractivity contribution in [3.05, 3.63) is 48.0 Å². The first-order chi connectivity index (χ1) is 16.0. The number of nitrogens with zero attached hydrogens (tertiary/aromatic N) is 1. The fourth-order valence-electron chi connectivity index (χ4n) is 3.53. The number of ether oxygens (including phenoxy) is 3. The lowest BCUT2D eigenvalue weighted by Crippen LogP contribution is -2.41. The molecule has 9 heteroatoms. The average molecular weight is 457 g/mol. The fourth-order valence-corrected chi connectivity index (χ4v) is 3.53. The zero-order valence-electron chi connectivity index (χ0n) is 19.3. The zero-order valence-corrected chi connectivity index (χ0v) is 19.3. The molecule has 33 heavy (non-hydrogen) atoms. The molecule has 1 saturated heterocycles. The van der Waals surface area contributed by atoms with Crippen LogP contribution in [0.3, 0.4) is 0 Å². The van der Waals surface area contributed by atoms with Crippen LogP contribution in [0.4, 0.5) is 16.2 Å². The van der Waals surface area contributed by atoms with Crippen LogP contribution in [0, 0.1) is 0 Å². The molecule has 9 nitrogen and oxygen atoms in total. The van der Waals surface area contributed by atoms with Crippen molar-refractivity contribution in [2.24, 2.45) is 0 Å². The number of carbonyl (C=O) groups is 2. The van der Waals surface area contributed by atoms with Gasteiger partial charge in [0.2, 0.25) is 0 Å². The summed E-state index contributed by atoms with van der Waals surface area (Å²) in [6, 6.07) is 12.1. The van der Waals surface area contributed by atoms with Crippen molar-refractivity contribution in [3.8, 4) is 11.5 Å². The zero-order chi connectivity index (χ0) is 23.6. The van der Waals surface area contributed by atoms with Gasteiger partial charge in [-0.3, -0.25) is 9.69 Å². The molecule has 1 aliphatic rings. The highest BCUT2D eigenvalue weighted by Crippen LogP contribution is 2.26. The topological polar surface area (TPSA) is 101 Å². The summed E-state index contributed by atoms with van der Waals surface area (Å²) in [5.41, 5.74) is 1.66. The minimum absolute atomic E-state index is 0.211. The second kappa shape index (κ2) is 12.1. The molecule has 0 radical (unpaired) electrons. The number of anilines is 2. The molecule has 3 rings (SSSR count). The highest BCUT2D eigenvalue weighted by molar-refractivity contribution is 6.02. The molecular weight excluding hydrogens is 424 g/mol. The van der Waals surface area contributed by atoms with Gasteiger partial charge in [0.1, 0.15) is 11.5 Å². The summed E-state index contributed by atoms with van der Waals surface area (Å²) >= 11 is 0. The Morgan fingerprint density at radius 3 is 2.61 bits per heavy atom. The Kier molecular flexibility index (Phi) is 8.91. The summed E-state index contributed by atoms with van der Waals surface area (Å²) in [6.45, 7) is 2.89. The maximum absolute atomic E-state index is 12.6. The summed E-state index contributed by atoms with van der Waals surface area (Å²) in [6.07, 6.45) is 1.78. The summed E-state index contributed by atoms with van der Waals surface area (Å²) in [5, 5.41) is 9.16. The molecule has 1 unspecified atom stereocenters. The number of methoxy groups -OCH3 is 2. The van der Waals surface area contributed by atoms with Crippen LogP contribution in [-0.2, 0) is 4.74 Å². The van der Waals surface area contributed by atoms with E-state index in [0.29, 0.717) is 47.6 Å². The van der Waals surface area contributed by atoms with Crippen LogP contribution in [0.2, 0.25) is 0 Å². The number of hydrogen-bond acceptors (Lipinski definition) is 6. The van der Waals surface area contributed by atoms with Crippen molar-refractivity contribution in [2.45, 2.75) is 18.9 Å². The van der Waals surface area contributed by atoms with Crippen LogP contribution in [0.25, 0.3) is 0 Å². The third-order valence-electron chi connectivity index (χ3n) is 5.48. The van der Waals surface area contributed by atoms with E-state index in [1.807, 2.05) is 0 Å². The number of rotatable bonds is 9. The molecule has 0 bridgehead atoms. The molecule has 3 amide bonds. The standard InChI is InChI=1S/C24H32N4O5/c1-28(24(30)27-17-6-9-20(31-2)10-7-17)19-8-11-21(22(15-19)32-3)23(29)26-12-4-5-18-16-33-14-13-25-18/h6-11,15,18,25H,4-5,12-14,16H2,1-3H3,(H,26,29)(H,27,30). The number of nitrogens with one attached hydrogen (secondary N) is 3. The van der Waals surface area contributed by atoms with Crippen LogP contribution >= 0.6 is 0 Å². The van der Waals surface area contributed by atoms with Gasteiger partial charge in [-0.05, 0) is 49.2 Å². The molecule has 178 valence electrons. The van der Waals surface area contributed by atoms with Crippen LogP contribution in [0.1, 0.15) is 23.2 Å². The van der Waals surface area contributed by atoms with Gasteiger partial charge in [0.25, 0.3) is 5.91 Å². The second-order valence-electron chi connectivity index (χ2n) is 7.73. The van der Waals surface area contributed by atoms with Gasteiger partial charge < -0.3 is 30.2 Å². The van der Waals surface area contributed by atoms with Crippen molar-refractivity contribution in [1.29, 1.82) is 0 Å². The molecule has 0 saturated carbocycles. The third kappa shape index (κ3) is 6.84. The van der Waals surface area contributed by atoms with Crippen molar-refractivity contribution < 1.29 is 23.8 Å². The molecule has 0 aliphatic carbocycles. The number of morpholine rings is 1. The number of hydrogen-bond donors (Lipinski definition) is 3. The molecular formula is C24H32N4O5. The van der Waals surface area contributed by atoms with Gasteiger partial charge in [-0.15, -0.1) is 0 Å². The summed E-state index contributed by atoms with van der Waals surface area (Å²) in [4.78, 5) is 26.7. The first-order valence-electron chi connectivity index (χ1n) is 11.0. The smallest absolute Gasteiger partial charge is 0.326 e. The van der Waals surface area contributed by atoms with Gasteiger partial charge in [-0.25, -0.2) is 4.79 Å². The lowest BCUT2D eigenvalue weighted by molar-refractivity contribution is 0.0734. The molecule has 0 spiro atoms. The van der Waals surface area contributed by atoms with E-state index in [9.17, 15) is 9.59 Å². The van der Waals surface area contributed by atoms with Crippen molar-refractivity contribution >= 4 is 23.3 Å². The normalized spacial score (nSPS) is 15.4. The lowest BCUT2D eigenvalue weighted by atomic mass is 10.1. The number of amides is 3. The Bertz CT molecular complexity index is 929. The Morgan fingerprint density at radius 2 is 1.94 bits per heavy atom. The predicted molar refractivity (Wildman–Crippen MR) is 128 cm³/mol. The molecule has 1 aliphatic heterocycles. The summed E-state index contributed by atoms with van der Waals surface area (Å²) in [7, 11) is 4.74. The van der Waals surface area contributed by atoms with E-state index < -0.39 is 0 Å². The number of benzene rings is 2. The van der Waals surface area contributed by atoms with Gasteiger partial charge in [-0.1, -0.05) is 0 Å². The van der Waals surface area contributed by atoms with E-state index >= 15 is 0 Å². The lowest BCUT2D eigenvalue weighted by Gasteiger charge is -2.23. The van der Waals surface area contributed by atoms with Crippen molar-refractivity contribution in [2.75, 3.05) is 57.8 Å². The van der Waals surface area contributed by atoms with E-state index in [2.05, 4.69) is 16.0 Å². The molecule has 3 N–H and O–H groups in total. The Labute approximate surface area is 194 Å². The van der Waals surface area contributed by atoms with Gasteiger partial charge in [0, 0.05) is 43.6 Å². The minimum Gasteiger partial charge on any atom is -0.497 e. The Morgan fingerprint density at radius 1 is 1.15 bits per heavy atom. The summed E-state index contributed by atoms with van der Waals surface area (Å²) in [5.74, 6) is 0.896. The summed E-state index contributed by atoms with van der Waals surface area (Å²) < 4.78 is 16.0.